The Morgan fingerprint density at radius 3 is 2.41 bits per heavy atom. The summed E-state index contributed by atoms with van der Waals surface area (Å²) < 4.78 is 0.157. The van der Waals surface area contributed by atoms with Gasteiger partial charge in [-0.1, -0.05) is 51.1 Å². The number of Topliss-reactive ketones (excluding diaryl/α,β-unsaturated/α-hetero) is 1. The first kappa shape index (κ1) is 14.3. The summed E-state index contributed by atoms with van der Waals surface area (Å²) in [7, 11) is 0. The second-order valence-corrected chi connectivity index (χ2v) is 7.01. The maximum atomic E-state index is 11.9. The molecule has 1 aromatic rings. The summed E-state index contributed by atoms with van der Waals surface area (Å²) in [6.07, 6.45) is 0.437. The predicted octanol–water partition coefficient (Wildman–Crippen LogP) is 2.66. The van der Waals surface area contributed by atoms with Crippen molar-refractivity contribution in [2.75, 3.05) is 5.75 Å². The van der Waals surface area contributed by atoms with Crippen LogP contribution in [-0.2, 0) is 11.2 Å². The fraction of sp³-hybridized carbons (Fsp3) is 0.500. The predicted molar refractivity (Wildman–Crippen MR) is 75.3 cm³/mol. The zero-order chi connectivity index (χ0) is 12.9. The topological polar surface area (TPSA) is 43.1 Å². The Labute approximate surface area is 108 Å². The molecule has 0 aromatic heterocycles. The SMILES string of the molecule is CC(C)(C)SCC(N)C(=O)Cc1ccccc1. The van der Waals surface area contributed by atoms with Gasteiger partial charge in [0.05, 0.1) is 6.04 Å². The molecule has 0 aliphatic heterocycles. The molecular weight excluding hydrogens is 230 g/mol. The van der Waals surface area contributed by atoms with E-state index in [4.69, 9.17) is 5.73 Å². The summed E-state index contributed by atoms with van der Waals surface area (Å²) in [4.78, 5) is 11.9. The molecule has 1 atom stereocenters. The summed E-state index contributed by atoms with van der Waals surface area (Å²) in [5, 5.41) is 0. The summed E-state index contributed by atoms with van der Waals surface area (Å²) in [5.74, 6) is 0.808. The van der Waals surface area contributed by atoms with Crippen molar-refractivity contribution in [2.24, 2.45) is 5.73 Å². The number of thioether (sulfide) groups is 1. The fourth-order valence-corrected chi connectivity index (χ4v) is 2.23. The van der Waals surface area contributed by atoms with E-state index in [-0.39, 0.29) is 16.6 Å². The van der Waals surface area contributed by atoms with E-state index >= 15 is 0 Å². The summed E-state index contributed by atoms with van der Waals surface area (Å²) in [6.45, 7) is 6.39. The van der Waals surface area contributed by atoms with Crippen LogP contribution in [0, 0.1) is 0 Å². The van der Waals surface area contributed by atoms with Gasteiger partial charge in [-0.15, -0.1) is 0 Å². The van der Waals surface area contributed by atoms with Gasteiger partial charge in [0.15, 0.2) is 5.78 Å². The van der Waals surface area contributed by atoms with Crippen molar-refractivity contribution in [1.29, 1.82) is 0 Å². The second-order valence-electron chi connectivity index (χ2n) is 5.16. The van der Waals surface area contributed by atoms with Crippen molar-refractivity contribution in [3.63, 3.8) is 0 Å². The van der Waals surface area contributed by atoms with Crippen molar-refractivity contribution in [3.8, 4) is 0 Å². The number of carbonyl (C=O) groups is 1. The number of ketones is 1. The molecule has 3 heteroatoms. The number of carbonyl (C=O) groups excluding carboxylic acids is 1. The number of hydrogen-bond donors (Lipinski definition) is 1. The first-order chi connectivity index (χ1) is 7.88. The number of benzene rings is 1. The Morgan fingerprint density at radius 2 is 1.88 bits per heavy atom. The third-order valence-corrected chi connectivity index (χ3v) is 3.72. The number of nitrogens with two attached hydrogens (primary N) is 1. The Hall–Kier alpha value is -0.800. The normalized spacial score (nSPS) is 13.4. The lowest BCUT2D eigenvalue weighted by atomic mass is 10.1. The third-order valence-electron chi connectivity index (χ3n) is 2.33. The lowest BCUT2D eigenvalue weighted by Crippen LogP contribution is -2.35. The fourth-order valence-electron chi connectivity index (χ4n) is 1.36. The van der Waals surface area contributed by atoms with E-state index in [0.29, 0.717) is 12.2 Å². The van der Waals surface area contributed by atoms with Crippen LogP contribution in [0.5, 0.6) is 0 Å². The lowest BCUT2D eigenvalue weighted by Gasteiger charge is -2.20. The van der Waals surface area contributed by atoms with Gasteiger partial charge >= 0.3 is 0 Å². The minimum atomic E-state index is -0.362. The van der Waals surface area contributed by atoms with Crippen LogP contribution in [0.1, 0.15) is 26.3 Å². The molecule has 94 valence electrons. The van der Waals surface area contributed by atoms with E-state index in [1.54, 1.807) is 11.8 Å². The van der Waals surface area contributed by atoms with Gasteiger partial charge in [-0.25, -0.2) is 0 Å². The molecule has 0 radical (unpaired) electrons. The summed E-state index contributed by atoms with van der Waals surface area (Å²) in [5.41, 5.74) is 6.94. The van der Waals surface area contributed by atoms with Gasteiger partial charge in [0.25, 0.3) is 0 Å². The van der Waals surface area contributed by atoms with Crippen LogP contribution in [0.25, 0.3) is 0 Å². The molecule has 0 spiro atoms. The van der Waals surface area contributed by atoms with Gasteiger partial charge in [-0.05, 0) is 5.56 Å². The average Bonchev–Trinajstić information content (AvgIpc) is 2.26. The highest BCUT2D eigenvalue weighted by Gasteiger charge is 2.18. The van der Waals surface area contributed by atoms with E-state index in [1.165, 1.54) is 0 Å². The van der Waals surface area contributed by atoms with Crippen LogP contribution in [0.3, 0.4) is 0 Å². The maximum absolute atomic E-state index is 11.9. The molecule has 2 nitrogen and oxygen atoms in total. The standard InChI is InChI=1S/C14H21NOS/c1-14(2,3)17-10-12(15)13(16)9-11-7-5-4-6-8-11/h4-8,12H,9-10,15H2,1-3H3. The zero-order valence-electron chi connectivity index (χ0n) is 10.8. The zero-order valence-corrected chi connectivity index (χ0v) is 11.6. The van der Waals surface area contributed by atoms with E-state index in [9.17, 15) is 4.79 Å². The third kappa shape index (κ3) is 5.89. The molecule has 1 aromatic carbocycles. The van der Waals surface area contributed by atoms with Crippen LogP contribution < -0.4 is 5.73 Å². The number of hydrogen-bond acceptors (Lipinski definition) is 3. The van der Waals surface area contributed by atoms with E-state index in [1.807, 2.05) is 30.3 Å². The Balaban J connectivity index is 2.43. The molecular formula is C14H21NOS. The highest BCUT2D eigenvalue weighted by atomic mass is 32.2. The highest BCUT2D eigenvalue weighted by Crippen LogP contribution is 2.23. The number of rotatable bonds is 5. The van der Waals surface area contributed by atoms with Crippen molar-refractivity contribution in [2.45, 2.75) is 38.0 Å². The van der Waals surface area contributed by atoms with Gasteiger partial charge < -0.3 is 5.73 Å². The van der Waals surface area contributed by atoms with Crippen LogP contribution >= 0.6 is 11.8 Å². The molecule has 0 saturated carbocycles. The molecule has 2 N–H and O–H groups in total. The molecule has 0 saturated heterocycles. The van der Waals surface area contributed by atoms with Gasteiger partial charge in [0.2, 0.25) is 0 Å². The Kier molecular flexibility index (Phi) is 5.22. The van der Waals surface area contributed by atoms with Crippen LogP contribution in [0.15, 0.2) is 30.3 Å². The molecule has 1 unspecified atom stereocenters. The molecule has 0 aliphatic carbocycles. The van der Waals surface area contributed by atoms with Gasteiger partial charge in [0, 0.05) is 16.9 Å². The Morgan fingerprint density at radius 1 is 1.29 bits per heavy atom. The van der Waals surface area contributed by atoms with E-state index in [2.05, 4.69) is 20.8 Å². The minimum absolute atomic E-state index is 0.118. The molecule has 0 fully saturated rings. The molecule has 0 amide bonds. The summed E-state index contributed by atoms with van der Waals surface area (Å²) >= 11 is 1.73. The first-order valence-corrected chi connectivity index (χ1v) is 6.83. The second kappa shape index (κ2) is 6.22. The van der Waals surface area contributed by atoms with Crippen molar-refractivity contribution >= 4 is 17.5 Å². The first-order valence-electron chi connectivity index (χ1n) is 5.84. The van der Waals surface area contributed by atoms with Gasteiger partial charge in [-0.3, -0.25) is 4.79 Å². The van der Waals surface area contributed by atoms with Crippen LogP contribution in [-0.4, -0.2) is 22.3 Å². The molecule has 0 bridgehead atoms. The molecule has 1 rings (SSSR count). The van der Waals surface area contributed by atoms with E-state index in [0.717, 1.165) is 5.56 Å². The van der Waals surface area contributed by atoms with Crippen molar-refractivity contribution < 1.29 is 4.79 Å². The Bertz CT molecular complexity index is 356. The molecule has 0 heterocycles. The highest BCUT2D eigenvalue weighted by molar-refractivity contribution is 8.00. The summed E-state index contributed by atoms with van der Waals surface area (Å²) in [6, 6.07) is 9.39. The van der Waals surface area contributed by atoms with Crippen LogP contribution in [0.2, 0.25) is 0 Å². The average molecular weight is 251 g/mol. The lowest BCUT2D eigenvalue weighted by molar-refractivity contribution is -0.119. The molecule has 0 aliphatic rings. The quantitative estimate of drug-likeness (QED) is 0.875. The van der Waals surface area contributed by atoms with Crippen molar-refractivity contribution in [3.05, 3.63) is 35.9 Å². The largest absolute Gasteiger partial charge is 0.321 e. The maximum Gasteiger partial charge on any atom is 0.154 e. The minimum Gasteiger partial charge on any atom is -0.321 e. The smallest absolute Gasteiger partial charge is 0.154 e. The van der Waals surface area contributed by atoms with Crippen molar-refractivity contribution in [1.82, 2.24) is 0 Å². The van der Waals surface area contributed by atoms with E-state index < -0.39 is 0 Å². The molecule has 17 heavy (non-hydrogen) atoms. The monoisotopic (exact) mass is 251 g/mol. The van der Waals surface area contributed by atoms with Gasteiger partial charge in [0.1, 0.15) is 0 Å². The van der Waals surface area contributed by atoms with Crippen LogP contribution in [0.4, 0.5) is 0 Å². The van der Waals surface area contributed by atoms with Gasteiger partial charge in [-0.2, -0.15) is 11.8 Å².